The van der Waals surface area contributed by atoms with Gasteiger partial charge in [-0.15, -0.1) is 0 Å². The van der Waals surface area contributed by atoms with Crippen molar-refractivity contribution < 1.29 is 14.3 Å². The molecule has 1 saturated heterocycles. The minimum atomic E-state index is -0.974. The normalized spacial score (nSPS) is 17.4. The molecule has 0 spiro atoms. The summed E-state index contributed by atoms with van der Waals surface area (Å²) >= 11 is 5.64. The topological polar surface area (TPSA) is 52.6 Å². The Bertz CT molecular complexity index is 462. The van der Waals surface area contributed by atoms with E-state index in [4.69, 9.17) is 16.7 Å². The molecule has 1 aromatic rings. The van der Waals surface area contributed by atoms with E-state index >= 15 is 0 Å². The van der Waals surface area contributed by atoms with Crippen LogP contribution >= 0.6 is 11.6 Å². The van der Waals surface area contributed by atoms with Crippen molar-refractivity contribution in [2.75, 3.05) is 13.1 Å². The van der Waals surface area contributed by atoms with E-state index in [2.05, 4.69) is 10.2 Å². The lowest BCUT2D eigenvalue weighted by Crippen LogP contribution is -2.43. The second kappa shape index (κ2) is 6.21. The number of halogens is 2. The SMILES string of the molecule is O=C(O)NC1CCN(Cc2ccc(Cl)c(F)c2)CC1. The first-order chi connectivity index (χ1) is 9.04. The van der Waals surface area contributed by atoms with Crippen LogP contribution in [0.25, 0.3) is 0 Å². The summed E-state index contributed by atoms with van der Waals surface area (Å²) in [6.07, 6.45) is 0.586. The van der Waals surface area contributed by atoms with Crippen molar-refractivity contribution in [2.45, 2.75) is 25.4 Å². The molecule has 0 radical (unpaired) electrons. The molecular formula is C13H16ClFN2O2. The highest BCUT2D eigenvalue weighted by atomic mass is 35.5. The van der Waals surface area contributed by atoms with Gasteiger partial charge in [-0.25, -0.2) is 9.18 Å². The molecule has 0 unspecified atom stereocenters. The summed E-state index contributed by atoms with van der Waals surface area (Å²) in [7, 11) is 0. The van der Waals surface area contributed by atoms with E-state index < -0.39 is 11.9 Å². The van der Waals surface area contributed by atoms with Crippen LogP contribution < -0.4 is 5.32 Å². The highest BCUT2D eigenvalue weighted by Gasteiger charge is 2.20. The van der Waals surface area contributed by atoms with Crippen LogP contribution in [0.1, 0.15) is 18.4 Å². The van der Waals surface area contributed by atoms with E-state index in [9.17, 15) is 9.18 Å². The van der Waals surface area contributed by atoms with Gasteiger partial charge in [-0.05, 0) is 30.5 Å². The van der Waals surface area contributed by atoms with E-state index in [1.165, 1.54) is 6.07 Å². The fraction of sp³-hybridized carbons (Fsp3) is 0.462. The van der Waals surface area contributed by atoms with E-state index in [1.54, 1.807) is 6.07 Å². The third-order valence-corrected chi connectivity index (χ3v) is 3.61. The molecule has 1 amide bonds. The molecule has 0 saturated carbocycles. The number of piperidine rings is 1. The smallest absolute Gasteiger partial charge is 0.404 e. The van der Waals surface area contributed by atoms with Gasteiger partial charge in [0.25, 0.3) is 0 Å². The fourth-order valence-corrected chi connectivity index (χ4v) is 2.42. The average Bonchev–Trinajstić information content (AvgIpc) is 2.36. The summed E-state index contributed by atoms with van der Waals surface area (Å²) < 4.78 is 13.3. The second-order valence-electron chi connectivity index (χ2n) is 4.75. The summed E-state index contributed by atoms with van der Waals surface area (Å²) in [4.78, 5) is 12.7. The van der Waals surface area contributed by atoms with Crippen molar-refractivity contribution in [2.24, 2.45) is 0 Å². The van der Waals surface area contributed by atoms with Gasteiger partial charge in [-0.1, -0.05) is 17.7 Å². The molecule has 19 heavy (non-hydrogen) atoms. The summed E-state index contributed by atoms with van der Waals surface area (Å²) in [5.41, 5.74) is 0.881. The van der Waals surface area contributed by atoms with Crippen molar-refractivity contribution in [1.82, 2.24) is 10.2 Å². The Morgan fingerprint density at radius 3 is 2.74 bits per heavy atom. The minimum absolute atomic E-state index is 0.0238. The number of carbonyl (C=O) groups is 1. The van der Waals surface area contributed by atoms with E-state index in [0.29, 0.717) is 6.54 Å². The maximum absolute atomic E-state index is 13.3. The van der Waals surface area contributed by atoms with Crippen molar-refractivity contribution in [3.05, 3.63) is 34.6 Å². The lowest BCUT2D eigenvalue weighted by atomic mass is 10.0. The van der Waals surface area contributed by atoms with Gasteiger partial charge in [0.15, 0.2) is 0 Å². The Hall–Kier alpha value is -1.33. The molecule has 1 aromatic carbocycles. The molecule has 1 fully saturated rings. The van der Waals surface area contributed by atoms with E-state index in [0.717, 1.165) is 31.5 Å². The van der Waals surface area contributed by atoms with E-state index in [1.807, 2.05) is 6.07 Å². The predicted molar refractivity (Wildman–Crippen MR) is 70.9 cm³/mol. The van der Waals surface area contributed by atoms with Gasteiger partial charge in [0, 0.05) is 25.7 Å². The highest BCUT2D eigenvalue weighted by Crippen LogP contribution is 2.18. The lowest BCUT2D eigenvalue weighted by molar-refractivity contribution is 0.165. The zero-order chi connectivity index (χ0) is 13.8. The maximum atomic E-state index is 13.3. The molecule has 0 aliphatic carbocycles. The van der Waals surface area contributed by atoms with Gasteiger partial charge in [0.1, 0.15) is 5.82 Å². The van der Waals surface area contributed by atoms with Gasteiger partial charge in [0.2, 0.25) is 0 Å². The molecule has 1 heterocycles. The number of carboxylic acid groups (broad SMARTS) is 1. The average molecular weight is 287 g/mol. The standard InChI is InChI=1S/C13H16ClFN2O2/c14-11-2-1-9(7-12(11)15)8-17-5-3-10(4-6-17)16-13(18)19/h1-2,7,10,16H,3-6,8H2,(H,18,19). The summed E-state index contributed by atoms with van der Waals surface area (Å²) in [5, 5.41) is 11.3. The molecule has 6 heteroatoms. The van der Waals surface area contributed by atoms with Crippen molar-refractivity contribution in [3.63, 3.8) is 0 Å². The largest absolute Gasteiger partial charge is 0.465 e. The molecule has 1 aliphatic rings. The Morgan fingerprint density at radius 1 is 1.47 bits per heavy atom. The first-order valence-corrected chi connectivity index (χ1v) is 6.58. The van der Waals surface area contributed by atoms with Gasteiger partial charge >= 0.3 is 6.09 Å². The number of hydrogen-bond donors (Lipinski definition) is 2. The van der Waals surface area contributed by atoms with Crippen LogP contribution in [-0.4, -0.2) is 35.2 Å². The van der Waals surface area contributed by atoms with Gasteiger partial charge in [-0.3, -0.25) is 4.90 Å². The molecule has 1 aliphatic heterocycles. The fourth-order valence-electron chi connectivity index (χ4n) is 2.31. The van der Waals surface area contributed by atoms with Crippen molar-refractivity contribution in [3.8, 4) is 0 Å². The number of nitrogens with one attached hydrogen (secondary N) is 1. The molecule has 4 nitrogen and oxygen atoms in total. The number of nitrogens with zero attached hydrogens (tertiary/aromatic N) is 1. The number of benzene rings is 1. The Morgan fingerprint density at radius 2 is 2.16 bits per heavy atom. The van der Waals surface area contributed by atoms with Gasteiger partial charge in [0.05, 0.1) is 5.02 Å². The molecule has 0 bridgehead atoms. The third kappa shape index (κ3) is 4.08. The van der Waals surface area contributed by atoms with E-state index in [-0.39, 0.29) is 11.1 Å². The molecule has 0 atom stereocenters. The van der Waals surface area contributed by atoms with Crippen LogP contribution in [0.5, 0.6) is 0 Å². The van der Waals surface area contributed by atoms with Crippen LogP contribution in [0.2, 0.25) is 5.02 Å². The Kier molecular flexibility index (Phi) is 4.61. The van der Waals surface area contributed by atoms with Crippen LogP contribution in [-0.2, 0) is 6.54 Å². The first-order valence-electron chi connectivity index (χ1n) is 6.20. The molecule has 2 N–H and O–H groups in total. The predicted octanol–water partition coefficient (Wildman–Crippen LogP) is 2.71. The molecule has 104 valence electrons. The summed E-state index contributed by atoms with van der Waals surface area (Å²) in [6, 6.07) is 4.85. The molecule has 2 rings (SSSR count). The highest BCUT2D eigenvalue weighted by molar-refractivity contribution is 6.30. The first kappa shape index (κ1) is 14.1. The zero-order valence-corrected chi connectivity index (χ0v) is 11.2. The minimum Gasteiger partial charge on any atom is -0.465 e. The second-order valence-corrected chi connectivity index (χ2v) is 5.16. The monoisotopic (exact) mass is 286 g/mol. The molecule has 0 aromatic heterocycles. The summed E-state index contributed by atoms with van der Waals surface area (Å²) in [5.74, 6) is -0.401. The number of rotatable bonds is 3. The summed E-state index contributed by atoms with van der Waals surface area (Å²) in [6.45, 7) is 2.26. The van der Waals surface area contributed by atoms with Crippen LogP contribution in [0.3, 0.4) is 0 Å². The lowest BCUT2D eigenvalue weighted by Gasteiger charge is -2.31. The Balaban J connectivity index is 1.85. The number of hydrogen-bond acceptors (Lipinski definition) is 2. The van der Waals surface area contributed by atoms with Gasteiger partial charge < -0.3 is 10.4 Å². The van der Waals surface area contributed by atoms with Crippen LogP contribution in [0.15, 0.2) is 18.2 Å². The van der Waals surface area contributed by atoms with Gasteiger partial charge in [-0.2, -0.15) is 0 Å². The quantitative estimate of drug-likeness (QED) is 0.898. The van der Waals surface area contributed by atoms with Crippen molar-refractivity contribution >= 4 is 17.7 Å². The molecular weight excluding hydrogens is 271 g/mol. The third-order valence-electron chi connectivity index (χ3n) is 3.31. The number of amides is 1. The number of likely N-dealkylation sites (tertiary alicyclic amines) is 1. The zero-order valence-electron chi connectivity index (χ0n) is 10.4. The maximum Gasteiger partial charge on any atom is 0.404 e. The van der Waals surface area contributed by atoms with Crippen LogP contribution in [0, 0.1) is 5.82 Å². The Labute approximate surface area is 116 Å². The van der Waals surface area contributed by atoms with Crippen LogP contribution in [0.4, 0.5) is 9.18 Å². The van der Waals surface area contributed by atoms with Crippen molar-refractivity contribution in [1.29, 1.82) is 0 Å².